The number of amides is 1. The number of carbonyl (C=O) groups is 2. The number of alkyl carbamates (subject to hydrolysis) is 1. The summed E-state index contributed by atoms with van der Waals surface area (Å²) in [4.78, 5) is 46.3. The molecule has 23 heavy (non-hydrogen) atoms. The standard InChI is InChI=1S/C13H18BrN3O6/c1-13(2,3)23-11(21)15-4-5-17-10(20)8(14)6-16(12(17)22)7-9(18)19/h6H,4-5,7H2,1-3H3,(H,15,21)(H,18,19). The van der Waals surface area contributed by atoms with Gasteiger partial charge in [0.25, 0.3) is 5.56 Å². The van der Waals surface area contributed by atoms with Gasteiger partial charge < -0.3 is 15.2 Å². The van der Waals surface area contributed by atoms with Gasteiger partial charge in [-0.05, 0) is 36.7 Å². The number of carbonyl (C=O) groups excluding carboxylic acids is 1. The first-order valence-electron chi connectivity index (χ1n) is 6.69. The fraction of sp³-hybridized carbons (Fsp3) is 0.538. The van der Waals surface area contributed by atoms with Crippen molar-refractivity contribution in [2.45, 2.75) is 39.5 Å². The van der Waals surface area contributed by atoms with E-state index in [1.807, 2.05) is 0 Å². The lowest BCUT2D eigenvalue weighted by Crippen LogP contribution is -2.43. The molecule has 0 aromatic carbocycles. The zero-order valence-electron chi connectivity index (χ0n) is 13.0. The molecule has 0 bridgehead atoms. The van der Waals surface area contributed by atoms with Crippen LogP contribution in [-0.4, -0.2) is 38.4 Å². The second kappa shape index (κ2) is 7.44. The van der Waals surface area contributed by atoms with Crippen LogP contribution in [-0.2, 0) is 22.6 Å². The Morgan fingerprint density at radius 1 is 1.35 bits per heavy atom. The third-order valence-corrected chi connectivity index (χ3v) is 3.05. The van der Waals surface area contributed by atoms with E-state index in [-0.39, 0.29) is 17.6 Å². The highest BCUT2D eigenvalue weighted by Gasteiger charge is 2.16. The first kappa shape index (κ1) is 18.9. The predicted octanol–water partition coefficient (Wildman–Crippen LogP) is 0.382. The number of nitrogens with one attached hydrogen (secondary N) is 1. The molecule has 0 unspecified atom stereocenters. The van der Waals surface area contributed by atoms with Crippen LogP contribution in [0, 0.1) is 0 Å². The molecule has 0 aliphatic heterocycles. The smallest absolute Gasteiger partial charge is 0.407 e. The molecule has 1 aromatic rings. The zero-order valence-corrected chi connectivity index (χ0v) is 14.5. The maximum atomic E-state index is 12.1. The number of aliphatic carboxylic acids is 1. The average molecular weight is 392 g/mol. The van der Waals surface area contributed by atoms with Crippen LogP contribution in [0.25, 0.3) is 0 Å². The molecule has 0 atom stereocenters. The minimum atomic E-state index is -1.21. The van der Waals surface area contributed by atoms with Crippen molar-refractivity contribution >= 4 is 28.0 Å². The van der Waals surface area contributed by atoms with Gasteiger partial charge in [-0.25, -0.2) is 9.59 Å². The van der Waals surface area contributed by atoms with Crippen molar-refractivity contribution < 1.29 is 19.4 Å². The van der Waals surface area contributed by atoms with Gasteiger partial charge >= 0.3 is 17.8 Å². The molecule has 128 valence electrons. The molecule has 1 rings (SSSR count). The van der Waals surface area contributed by atoms with Crippen molar-refractivity contribution in [3.8, 4) is 0 Å². The summed E-state index contributed by atoms with van der Waals surface area (Å²) in [6.45, 7) is 4.41. The molecule has 0 spiro atoms. The number of carboxylic acid groups (broad SMARTS) is 1. The van der Waals surface area contributed by atoms with Crippen LogP contribution >= 0.6 is 15.9 Å². The van der Waals surface area contributed by atoms with Gasteiger partial charge in [0.2, 0.25) is 0 Å². The van der Waals surface area contributed by atoms with Crippen LogP contribution < -0.4 is 16.6 Å². The number of aromatic nitrogens is 2. The molecule has 0 aliphatic carbocycles. The number of ether oxygens (including phenoxy) is 1. The lowest BCUT2D eigenvalue weighted by Gasteiger charge is -2.19. The Balaban J connectivity index is 2.86. The third-order valence-electron chi connectivity index (χ3n) is 2.50. The lowest BCUT2D eigenvalue weighted by molar-refractivity contribution is -0.137. The fourth-order valence-electron chi connectivity index (χ4n) is 1.66. The molecule has 1 amide bonds. The molecule has 0 fully saturated rings. The largest absolute Gasteiger partial charge is 0.480 e. The summed E-state index contributed by atoms with van der Waals surface area (Å²) in [5.74, 6) is -1.21. The van der Waals surface area contributed by atoms with Crippen LogP contribution in [0.1, 0.15) is 20.8 Å². The number of rotatable bonds is 5. The third kappa shape index (κ3) is 5.89. The summed E-state index contributed by atoms with van der Waals surface area (Å²) in [6.07, 6.45) is 0.447. The molecule has 1 heterocycles. The number of hydrogen-bond donors (Lipinski definition) is 2. The van der Waals surface area contributed by atoms with E-state index in [9.17, 15) is 19.2 Å². The minimum absolute atomic E-state index is 0.0203. The van der Waals surface area contributed by atoms with Crippen molar-refractivity contribution in [3.63, 3.8) is 0 Å². The number of halogens is 1. The van der Waals surface area contributed by atoms with Crippen LogP contribution in [0.5, 0.6) is 0 Å². The van der Waals surface area contributed by atoms with E-state index in [0.717, 1.165) is 15.3 Å². The van der Waals surface area contributed by atoms with E-state index < -0.39 is 35.5 Å². The Morgan fingerprint density at radius 2 is 1.96 bits per heavy atom. The van der Waals surface area contributed by atoms with Crippen molar-refractivity contribution in [1.29, 1.82) is 0 Å². The van der Waals surface area contributed by atoms with Crippen molar-refractivity contribution in [2.24, 2.45) is 0 Å². The summed E-state index contributed by atoms with van der Waals surface area (Å²) in [7, 11) is 0. The Hall–Kier alpha value is -2.10. The first-order valence-corrected chi connectivity index (χ1v) is 7.49. The second-order valence-electron chi connectivity index (χ2n) is 5.67. The summed E-state index contributed by atoms with van der Waals surface area (Å²) in [5, 5.41) is 11.2. The van der Waals surface area contributed by atoms with E-state index >= 15 is 0 Å². The molecule has 0 saturated heterocycles. The fourth-order valence-corrected chi connectivity index (χ4v) is 2.12. The quantitative estimate of drug-likeness (QED) is 0.748. The van der Waals surface area contributed by atoms with Crippen molar-refractivity contribution in [2.75, 3.05) is 6.54 Å². The summed E-state index contributed by atoms with van der Waals surface area (Å²) in [6, 6.07) is 0. The highest BCUT2D eigenvalue weighted by atomic mass is 79.9. The Labute approximate surface area is 140 Å². The average Bonchev–Trinajstić information content (AvgIpc) is 2.37. The highest BCUT2D eigenvalue weighted by molar-refractivity contribution is 9.10. The molecule has 2 N–H and O–H groups in total. The predicted molar refractivity (Wildman–Crippen MR) is 84.5 cm³/mol. The molecule has 0 aliphatic rings. The topological polar surface area (TPSA) is 120 Å². The van der Waals surface area contributed by atoms with E-state index in [0.29, 0.717) is 0 Å². The van der Waals surface area contributed by atoms with Crippen molar-refractivity contribution in [3.05, 3.63) is 31.5 Å². The van der Waals surface area contributed by atoms with Gasteiger partial charge in [0.05, 0.1) is 4.47 Å². The van der Waals surface area contributed by atoms with Gasteiger partial charge in [0.15, 0.2) is 0 Å². The van der Waals surface area contributed by atoms with Crippen molar-refractivity contribution in [1.82, 2.24) is 14.5 Å². The summed E-state index contributed by atoms with van der Waals surface area (Å²) < 4.78 is 6.81. The maximum absolute atomic E-state index is 12.1. The molecular weight excluding hydrogens is 374 g/mol. The summed E-state index contributed by atoms with van der Waals surface area (Å²) >= 11 is 2.98. The number of carboxylic acids is 1. The number of nitrogens with zero attached hydrogens (tertiary/aromatic N) is 2. The van der Waals surface area contributed by atoms with Gasteiger partial charge in [-0.2, -0.15) is 0 Å². The normalized spacial score (nSPS) is 11.1. The highest BCUT2D eigenvalue weighted by Crippen LogP contribution is 2.06. The molecule has 1 aromatic heterocycles. The van der Waals surface area contributed by atoms with E-state index in [1.54, 1.807) is 20.8 Å². The van der Waals surface area contributed by atoms with Gasteiger partial charge in [0.1, 0.15) is 12.1 Å². The maximum Gasteiger partial charge on any atom is 0.407 e. The Morgan fingerprint density at radius 3 is 2.48 bits per heavy atom. The van der Waals surface area contributed by atoms with E-state index in [2.05, 4.69) is 21.2 Å². The second-order valence-corrected chi connectivity index (χ2v) is 6.52. The zero-order chi connectivity index (χ0) is 17.8. The SMILES string of the molecule is CC(C)(C)OC(=O)NCCn1c(=O)c(Br)cn(CC(=O)O)c1=O. The Kier molecular flexibility index (Phi) is 6.13. The minimum Gasteiger partial charge on any atom is -0.480 e. The summed E-state index contributed by atoms with van der Waals surface area (Å²) in [5.41, 5.74) is -2.04. The molecule has 10 heteroatoms. The van der Waals surface area contributed by atoms with E-state index in [4.69, 9.17) is 9.84 Å². The van der Waals surface area contributed by atoms with Gasteiger partial charge in [-0.3, -0.25) is 18.7 Å². The molecule has 0 radical (unpaired) electrons. The number of hydrogen-bond acceptors (Lipinski definition) is 5. The van der Waals surface area contributed by atoms with Crippen LogP contribution in [0.4, 0.5) is 4.79 Å². The van der Waals surface area contributed by atoms with Crippen LogP contribution in [0.15, 0.2) is 20.3 Å². The monoisotopic (exact) mass is 391 g/mol. The molecule has 0 saturated carbocycles. The first-order chi connectivity index (χ1) is 10.5. The molecule has 9 nitrogen and oxygen atoms in total. The van der Waals surface area contributed by atoms with Gasteiger partial charge in [0, 0.05) is 19.3 Å². The van der Waals surface area contributed by atoms with E-state index in [1.165, 1.54) is 0 Å². The van der Waals surface area contributed by atoms with Crippen LogP contribution in [0.2, 0.25) is 0 Å². The lowest BCUT2D eigenvalue weighted by atomic mass is 10.2. The van der Waals surface area contributed by atoms with Crippen LogP contribution in [0.3, 0.4) is 0 Å². The van der Waals surface area contributed by atoms with Gasteiger partial charge in [-0.1, -0.05) is 0 Å². The van der Waals surface area contributed by atoms with Gasteiger partial charge in [-0.15, -0.1) is 0 Å². The Bertz CT molecular complexity index is 716. The molecular formula is C13H18BrN3O6.